The summed E-state index contributed by atoms with van der Waals surface area (Å²) < 4.78 is 0. The SMILES string of the molecule is Cc1cnc(-c2ccc(CNc3cnccn3)cc2)s1. The number of hydrogen-bond acceptors (Lipinski definition) is 5. The van der Waals surface area contributed by atoms with Gasteiger partial charge in [-0.2, -0.15) is 0 Å². The molecule has 0 spiro atoms. The molecule has 3 aromatic rings. The molecule has 0 fully saturated rings. The smallest absolute Gasteiger partial charge is 0.144 e. The summed E-state index contributed by atoms with van der Waals surface area (Å²) in [6.07, 6.45) is 6.96. The Kier molecular flexibility index (Phi) is 3.69. The largest absolute Gasteiger partial charge is 0.365 e. The van der Waals surface area contributed by atoms with Crippen molar-refractivity contribution in [3.05, 3.63) is 59.5 Å². The zero-order valence-electron chi connectivity index (χ0n) is 11.1. The zero-order chi connectivity index (χ0) is 13.8. The lowest BCUT2D eigenvalue weighted by molar-refractivity contribution is 1.09. The van der Waals surface area contributed by atoms with E-state index in [-0.39, 0.29) is 0 Å². The number of benzene rings is 1. The number of aromatic nitrogens is 3. The molecule has 100 valence electrons. The topological polar surface area (TPSA) is 50.7 Å². The van der Waals surface area contributed by atoms with Crippen molar-refractivity contribution in [2.75, 3.05) is 5.32 Å². The van der Waals surface area contributed by atoms with E-state index in [1.54, 1.807) is 29.9 Å². The second-order valence-electron chi connectivity index (χ2n) is 4.42. The molecule has 0 amide bonds. The van der Waals surface area contributed by atoms with Crippen LogP contribution in [0.25, 0.3) is 10.6 Å². The molecular formula is C15H14N4S. The van der Waals surface area contributed by atoms with E-state index in [9.17, 15) is 0 Å². The molecule has 0 aliphatic carbocycles. The highest BCUT2D eigenvalue weighted by molar-refractivity contribution is 7.14. The van der Waals surface area contributed by atoms with Gasteiger partial charge in [0.25, 0.3) is 0 Å². The van der Waals surface area contributed by atoms with Gasteiger partial charge in [0.1, 0.15) is 10.8 Å². The normalized spacial score (nSPS) is 10.4. The van der Waals surface area contributed by atoms with Gasteiger partial charge in [-0.1, -0.05) is 24.3 Å². The van der Waals surface area contributed by atoms with Crippen molar-refractivity contribution < 1.29 is 0 Å². The number of rotatable bonds is 4. The lowest BCUT2D eigenvalue weighted by atomic mass is 10.1. The third-order valence-electron chi connectivity index (χ3n) is 2.86. The van der Waals surface area contributed by atoms with E-state index in [1.165, 1.54) is 10.4 Å². The van der Waals surface area contributed by atoms with Crippen molar-refractivity contribution in [2.45, 2.75) is 13.5 Å². The van der Waals surface area contributed by atoms with E-state index in [4.69, 9.17) is 0 Å². The minimum Gasteiger partial charge on any atom is -0.365 e. The molecular weight excluding hydrogens is 268 g/mol. The first kappa shape index (κ1) is 12.7. The molecule has 0 atom stereocenters. The van der Waals surface area contributed by atoms with Crippen LogP contribution in [-0.4, -0.2) is 15.0 Å². The zero-order valence-corrected chi connectivity index (χ0v) is 11.9. The Morgan fingerprint density at radius 1 is 1.05 bits per heavy atom. The Balaban J connectivity index is 1.67. The second kappa shape index (κ2) is 5.79. The van der Waals surface area contributed by atoms with E-state index in [0.717, 1.165) is 22.9 Å². The molecule has 0 saturated carbocycles. The molecule has 0 saturated heterocycles. The Labute approximate surface area is 121 Å². The van der Waals surface area contributed by atoms with Gasteiger partial charge in [0.05, 0.1) is 6.20 Å². The Morgan fingerprint density at radius 3 is 2.55 bits per heavy atom. The third-order valence-corrected chi connectivity index (χ3v) is 3.82. The molecule has 5 heteroatoms. The van der Waals surface area contributed by atoms with Gasteiger partial charge in [0, 0.05) is 35.6 Å². The minimum atomic E-state index is 0.732. The predicted octanol–water partition coefficient (Wildman–Crippen LogP) is 3.52. The second-order valence-corrected chi connectivity index (χ2v) is 5.65. The van der Waals surface area contributed by atoms with Gasteiger partial charge in [0.2, 0.25) is 0 Å². The minimum absolute atomic E-state index is 0.732. The molecule has 0 aliphatic rings. The highest BCUT2D eigenvalue weighted by atomic mass is 32.1. The molecule has 0 aliphatic heterocycles. The summed E-state index contributed by atoms with van der Waals surface area (Å²) in [6.45, 7) is 2.80. The quantitative estimate of drug-likeness (QED) is 0.795. The average molecular weight is 282 g/mol. The van der Waals surface area contributed by atoms with Crippen LogP contribution >= 0.6 is 11.3 Å². The van der Waals surface area contributed by atoms with Crippen molar-refractivity contribution in [1.82, 2.24) is 15.0 Å². The molecule has 1 N–H and O–H groups in total. The number of nitrogens with one attached hydrogen (secondary N) is 1. The monoisotopic (exact) mass is 282 g/mol. The highest BCUT2D eigenvalue weighted by Gasteiger charge is 2.02. The van der Waals surface area contributed by atoms with Gasteiger partial charge in [0.15, 0.2) is 0 Å². The molecule has 1 aromatic carbocycles. The molecule has 0 bridgehead atoms. The van der Waals surface area contributed by atoms with Gasteiger partial charge in [-0.05, 0) is 12.5 Å². The van der Waals surface area contributed by atoms with Crippen LogP contribution in [-0.2, 0) is 6.54 Å². The maximum atomic E-state index is 4.39. The van der Waals surface area contributed by atoms with Crippen molar-refractivity contribution in [3.63, 3.8) is 0 Å². The first-order valence-electron chi connectivity index (χ1n) is 6.33. The fraction of sp³-hybridized carbons (Fsp3) is 0.133. The predicted molar refractivity (Wildman–Crippen MR) is 81.6 cm³/mol. The van der Waals surface area contributed by atoms with Gasteiger partial charge >= 0.3 is 0 Å². The first-order valence-corrected chi connectivity index (χ1v) is 7.14. The maximum Gasteiger partial charge on any atom is 0.144 e. The summed E-state index contributed by atoms with van der Waals surface area (Å²) in [7, 11) is 0. The van der Waals surface area contributed by atoms with Crippen molar-refractivity contribution >= 4 is 17.2 Å². The van der Waals surface area contributed by atoms with E-state index < -0.39 is 0 Å². The summed E-state index contributed by atoms with van der Waals surface area (Å²) in [6, 6.07) is 8.42. The summed E-state index contributed by atoms with van der Waals surface area (Å²) in [4.78, 5) is 13.8. The first-order chi connectivity index (χ1) is 9.81. The number of anilines is 1. The van der Waals surface area contributed by atoms with Crippen LogP contribution in [0.1, 0.15) is 10.4 Å². The summed E-state index contributed by atoms with van der Waals surface area (Å²) in [5.41, 5.74) is 2.36. The van der Waals surface area contributed by atoms with Crippen molar-refractivity contribution in [1.29, 1.82) is 0 Å². The van der Waals surface area contributed by atoms with Crippen LogP contribution in [0, 0.1) is 6.92 Å². The standard InChI is InChI=1S/C15H14N4S/c1-11-8-19-15(20-11)13-4-2-12(3-5-13)9-18-14-10-16-6-7-17-14/h2-8,10H,9H2,1H3,(H,17,18). The molecule has 2 aromatic heterocycles. The van der Waals surface area contributed by atoms with Gasteiger partial charge in [-0.15, -0.1) is 11.3 Å². The number of thiazole rings is 1. The van der Waals surface area contributed by atoms with Crippen LogP contribution < -0.4 is 5.32 Å². The van der Waals surface area contributed by atoms with E-state index in [1.807, 2.05) is 6.20 Å². The Bertz CT molecular complexity index is 677. The Hall–Kier alpha value is -2.27. The third kappa shape index (κ3) is 3.00. The summed E-state index contributed by atoms with van der Waals surface area (Å²) >= 11 is 1.71. The Morgan fingerprint density at radius 2 is 1.90 bits per heavy atom. The van der Waals surface area contributed by atoms with E-state index >= 15 is 0 Å². The molecule has 3 rings (SSSR count). The van der Waals surface area contributed by atoms with Crippen LogP contribution in [0.5, 0.6) is 0 Å². The molecule has 0 radical (unpaired) electrons. The fourth-order valence-electron chi connectivity index (χ4n) is 1.84. The van der Waals surface area contributed by atoms with Crippen molar-refractivity contribution in [2.24, 2.45) is 0 Å². The molecule has 4 nitrogen and oxygen atoms in total. The lowest BCUT2D eigenvalue weighted by Gasteiger charge is -2.05. The van der Waals surface area contributed by atoms with Crippen LogP contribution in [0.15, 0.2) is 49.1 Å². The van der Waals surface area contributed by atoms with Crippen LogP contribution in [0.4, 0.5) is 5.82 Å². The van der Waals surface area contributed by atoms with Gasteiger partial charge in [-0.25, -0.2) is 9.97 Å². The number of aryl methyl sites for hydroxylation is 1. The molecule has 2 heterocycles. The lowest BCUT2D eigenvalue weighted by Crippen LogP contribution is -2.01. The van der Waals surface area contributed by atoms with Crippen molar-refractivity contribution in [3.8, 4) is 10.6 Å². The van der Waals surface area contributed by atoms with E-state index in [2.05, 4.69) is 51.5 Å². The van der Waals surface area contributed by atoms with Gasteiger partial charge < -0.3 is 5.32 Å². The summed E-state index contributed by atoms with van der Waals surface area (Å²) in [5.74, 6) is 0.784. The van der Waals surface area contributed by atoms with Gasteiger partial charge in [-0.3, -0.25) is 4.98 Å². The summed E-state index contributed by atoms with van der Waals surface area (Å²) in [5, 5.41) is 4.30. The average Bonchev–Trinajstić information content (AvgIpc) is 2.93. The van der Waals surface area contributed by atoms with Crippen LogP contribution in [0.3, 0.4) is 0 Å². The van der Waals surface area contributed by atoms with Crippen LogP contribution in [0.2, 0.25) is 0 Å². The maximum absolute atomic E-state index is 4.39. The van der Waals surface area contributed by atoms with E-state index in [0.29, 0.717) is 0 Å². The highest BCUT2D eigenvalue weighted by Crippen LogP contribution is 2.24. The molecule has 0 unspecified atom stereocenters. The fourth-order valence-corrected chi connectivity index (χ4v) is 2.61. The molecule has 20 heavy (non-hydrogen) atoms. The number of hydrogen-bond donors (Lipinski definition) is 1. The number of nitrogens with zero attached hydrogens (tertiary/aromatic N) is 3.